The predicted molar refractivity (Wildman–Crippen MR) is 142 cm³/mol. The number of halogens is 3. The molecule has 222 valence electrons. The lowest BCUT2D eigenvalue weighted by Gasteiger charge is -2.41. The highest BCUT2D eigenvalue weighted by atomic mass is 19.4. The van der Waals surface area contributed by atoms with Gasteiger partial charge in [-0.15, -0.1) is 13.2 Å². The first-order valence-corrected chi connectivity index (χ1v) is 13.7. The Hall–Kier alpha value is -4.13. The quantitative estimate of drug-likeness (QED) is 0.426. The molecule has 2 atom stereocenters. The predicted octanol–water partition coefficient (Wildman–Crippen LogP) is 4.22. The van der Waals surface area contributed by atoms with Crippen LogP contribution in [-0.2, 0) is 29.0 Å². The van der Waals surface area contributed by atoms with Crippen LogP contribution in [0.15, 0.2) is 40.9 Å². The van der Waals surface area contributed by atoms with E-state index in [1.54, 1.807) is 17.9 Å². The van der Waals surface area contributed by atoms with Crippen molar-refractivity contribution >= 4 is 11.9 Å². The Bertz CT molecular complexity index is 1520. The van der Waals surface area contributed by atoms with E-state index in [1.165, 1.54) is 18.2 Å². The minimum absolute atomic E-state index is 0.107. The zero-order valence-electron chi connectivity index (χ0n) is 23.1. The van der Waals surface area contributed by atoms with Gasteiger partial charge in [0.2, 0.25) is 11.8 Å². The second-order valence-electron chi connectivity index (χ2n) is 11.3. The first kappa shape index (κ1) is 28.0. The molecule has 1 saturated heterocycles. The number of nitrogens with one attached hydrogen (secondary N) is 2. The molecule has 0 spiro atoms. The topological polar surface area (TPSA) is 119 Å². The van der Waals surface area contributed by atoms with Crippen molar-refractivity contribution in [2.24, 2.45) is 5.92 Å². The molecule has 3 heterocycles. The summed E-state index contributed by atoms with van der Waals surface area (Å²) in [6.07, 6.45) is -3.70. The lowest BCUT2D eigenvalue weighted by molar-refractivity contribution is -0.274. The molecule has 10 nitrogen and oxygen atoms in total. The average molecular weight is 586 g/mol. The summed E-state index contributed by atoms with van der Waals surface area (Å²) in [6.45, 7) is 5.45. The number of ether oxygens (including phenoxy) is 2. The van der Waals surface area contributed by atoms with Crippen LogP contribution in [0.3, 0.4) is 0 Å². The number of urea groups is 1. The number of alkyl halides is 3. The molecule has 2 fully saturated rings. The third kappa shape index (κ3) is 5.91. The number of nitrogens with zero attached hydrogens (tertiary/aromatic N) is 3. The van der Waals surface area contributed by atoms with Gasteiger partial charge in [0.1, 0.15) is 5.75 Å². The molecule has 0 radical (unpaired) electrons. The van der Waals surface area contributed by atoms with Crippen LogP contribution in [0.4, 0.5) is 18.0 Å². The van der Waals surface area contributed by atoms with E-state index in [9.17, 15) is 22.8 Å². The van der Waals surface area contributed by atoms with Crippen molar-refractivity contribution < 1.29 is 36.8 Å². The summed E-state index contributed by atoms with van der Waals surface area (Å²) in [6, 6.07) is 9.32. The lowest BCUT2D eigenvalue weighted by Crippen LogP contribution is -2.62. The molecule has 2 unspecified atom stereocenters. The third-order valence-corrected chi connectivity index (χ3v) is 7.87. The van der Waals surface area contributed by atoms with Gasteiger partial charge in [-0.05, 0) is 66.6 Å². The number of hydrogen-bond acceptors (Lipinski definition) is 7. The Morgan fingerprint density at radius 3 is 2.69 bits per heavy atom. The van der Waals surface area contributed by atoms with Crippen molar-refractivity contribution in [2.45, 2.75) is 57.6 Å². The van der Waals surface area contributed by atoms with Crippen molar-refractivity contribution in [2.75, 3.05) is 19.8 Å². The van der Waals surface area contributed by atoms with Crippen molar-refractivity contribution in [1.82, 2.24) is 25.7 Å². The number of carbonyl (C=O) groups is 2. The zero-order valence-corrected chi connectivity index (χ0v) is 23.1. The van der Waals surface area contributed by atoms with Crippen molar-refractivity contribution in [3.63, 3.8) is 0 Å². The normalized spacial score (nSPS) is 20.7. The molecule has 3 amide bonds. The maximum atomic E-state index is 13.1. The van der Waals surface area contributed by atoms with Gasteiger partial charge < -0.3 is 29.5 Å². The standard InChI is InChI=1S/C29H30F3N5O5/c1-16-34-26(42-36-16)23-11-22(23)25(38)33-12-18-6-7-20(17-4-3-5-19(10-17)41-29(30,31)32)21-8-9-37(13-24(18)21)27(39)35-28(2)14-40-15-28/h3-7,10,22-23H,8-9,11-15H2,1-2H3,(H,33,38)(H,35,39). The number of hydrogen-bond donors (Lipinski definition) is 2. The second-order valence-corrected chi connectivity index (χ2v) is 11.3. The van der Waals surface area contributed by atoms with Gasteiger partial charge in [0.15, 0.2) is 5.82 Å². The summed E-state index contributed by atoms with van der Waals surface area (Å²) in [5.41, 5.74) is 3.49. The molecule has 2 aromatic carbocycles. The van der Waals surface area contributed by atoms with E-state index in [1.807, 2.05) is 19.1 Å². The number of aryl methyl sites for hydroxylation is 1. The Balaban J connectivity index is 1.24. The van der Waals surface area contributed by atoms with Crippen molar-refractivity contribution in [1.29, 1.82) is 0 Å². The van der Waals surface area contributed by atoms with Gasteiger partial charge in [-0.3, -0.25) is 4.79 Å². The van der Waals surface area contributed by atoms with Gasteiger partial charge in [-0.2, -0.15) is 4.98 Å². The highest BCUT2D eigenvalue weighted by molar-refractivity contribution is 5.83. The largest absolute Gasteiger partial charge is 0.573 e. The minimum Gasteiger partial charge on any atom is -0.406 e. The van der Waals surface area contributed by atoms with Gasteiger partial charge in [0.05, 0.1) is 30.6 Å². The molecular weight excluding hydrogens is 555 g/mol. The van der Waals surface area contributed by atoms with E-state index >= 15 is 0 Å². The summed E-state index contributed by atoms with van der Waals surface area (Å²) < 4.78 is 53.3. The summed E-state index contributed by atoms with van der Waals surface area (Å²) in [7, 11) is 0. The highest BCUT2D eigenvalue weighted by Gasteiger charge is 2.47. The van der Waals surface area contributed by atoms with Crippen LogP contribution in [0.5, 0.6) is 5.75 Å². The van der Waals surface area contributed by atoms with E-state index in [0.717, 1.165) is 22.3 Å². The fourth-order valence-electron chi connectivity index (χ4n) is 5.56. The number of aromatic nitrogens is 2. The molecule has 42 heavy (non-hydrogen) atoms. The molecule has 1 aromatic heterocycles. The van der Waals surface area contributed by atoms with Crippen molar-refractivity contribution in [3.8, 4) is 16.9 Å². The van der Waals surface area contributed by atoms with Gasteiger partial charge in [0.25, 0.3) is 0 Å². The fourth-order valence-corrected chi connectivity index (χ4v) is 5.56. The maximum absolute atomic E-state index is 13.1. The smallest absolute Gasteiger partial charge is 0.406 e. The Labute approximate surface area is 239 Å². The second kappa shape index (κ2) is 10.6. The van der Waals surface area contributed by atoms with Gasteiger partial charge in [0, 0.05) is 19.6 Å². The van der Waals surface area contributed by atoms with Crippen LogP contribution in [0.25, 0.3) is 11.1 Å². The number of rotatable bonds is 7. The summed E-state index contributed by atoms with van der Waals surface area (Å²) in [4.78, 5) is 32.0. The molecule has 1 saturated carbocycles. The van der Waals surface area contributed by atoms with Crippen LogP contribution >= 0.6 is 0 Å². The Morgan fingerprint density at radius 1 is 1.19 bits per heavy atom. The summed E-state index contributed by atoms with van der Waals surface area (Å²) >= 11 is 0. The summed E-state index contributed by atoms with van der Waals surface area (Å²) in [5, 5.41) is 9.83. The third-order valence-electron chi connectivity index (χ3n) is 7.87. The van der Waals surface area contributed by atoms with Crippen LogP contribution < -0.4 is 15.4 Å². The highest BCUT2D eigenvalue weighted by Crippen LogP contribution is 2.47. The van der Waals surface area contributed by atoms with Crippen LogP contribution in [0, 0.1) is 12.8 Å². The molecule has 6 rings (SSSR count). The van der Waals surface area contributed by atoms with E-state index in [4.69, 9.17) is 9.26 Å². The van der Waals surface area contributed by atoms with Crippen LogP contribution in [-0.4, -0.2) is 58.6 Å². The van der Waals surface area contributed by atoms with Gasteiger partial charge in [-0.25, -0.2) is 4.79 Å². The zero-order chi connectivity index (χ0) is 29.6. The molecule has 13 heteroatoms. The van der Waals surface area contributed by atoms with E-state index in [2.05, 4.69) is 25.5 Å². The maximum Gasteiger partial charge on any atom is 0.573 e. The Morgan fingerprint density at radius 2 is 2.00 bits per heavy atom. The molecule has 3 aromatic rings. The molecule has 2 aliphatic heterocycles. The molecule has 3 aliphatic rings. The Kier molecular flexibility index (Phi) is 7.08. The number of benzene rings is 2. The van der Waals surface area contributed by atoms with Crippen LogP contribution in [0.1, 0.15) is 47.7 Å². The van der Waals surface area contributed by atoms with Crippen molar-refractivity contribution in [3.05, 3.63) is 64.8 Å². The minimum atomic E-state index is -4.81. The van der Waals surface area contributed by atoms with E-state index in [0.29, 0.717) is 49.9 Å². The van der Waals surface area contributed by atoms with E-state index in [-0.39, 0.29) is 42.6 Å². The van der Waals surface area contributed by atoms with Crippen LogP contribution in [0.2, 0.25) is 0 Å². The molecule has 1 aliphatic carbocycles. The summed E-state index contributed by atoms with van der Waals surface area (Å²) in [5.74, 6) is 0.167. The first-order valence-electron chi connectivity index (χ1n) is 13.7. The van der Waals surface area contributed by atoms with Gasteiger partial charge in [-0.1, -0.05) is 29.4 Å². The molecular formula is C29H30F3N5O5. The molecule has 2 N–H and O–H groups in total. The van der Waals surface area contributed by atoms with E-state index < -0.39 is 11.9 Å². The fraction of sp³-hybridized carbons (Fsp3) is 0.448. The monoisotopic (exact) mass is 585 g/mol. The van der Waals surface area contributed by atoms with Gasteiger partial charge >= 0.3 is 12.4 Å². The lowest BCUT2D eigenvalue weighted by atomic mass is 9.87. The number of carbonyl (C=O) groups excluding carboxylic acids is 2. The number of fused-ring (bicyclic) bond motifs is 1. The average Bonchev–Trinajstić information content (AvgIpc) is 3.62. The SMILES string of the molecule is Cc1noc(C2CC2C(=O)NCc2ccc(-c3cccc(OC(F)(F)F)c3)c3c2CN(C(=O)NC2(C)COC2)CC3)n1. The molecule has 0 bridgehead atoms. The number of amides is 3. The first-order chi connectivity index (χ1) is 20.0.